The SMILES string of the molecule is CC(C)C(OC(=O)c1c(F)cccc1I)C(F)(F)C(=O)O. The predicted molar refractivity (Wildman–Crippen MR) is 75.7 cm³/mol. The molecule has 1 aromatic rings. The van der Waals surface area contributed by atoms with Gasteiger partial charge in [-0.15, -0.1) is 0 Å². The maximum atomic E-state index is 13.6. The van der Waals surface area contributed by atoms with E-state index in [4.69, 9.17) is 5.11 Å². The van der Waals surface area contributed by atoms with E-state index >= 15 is 0 Å². The molecule has 1 N–H and O–H groups in total. The summed E-state index contributed by atoms with van der Waals surface area (Å²) in [5.74, 6) is -9.88. The molecule has 0 spiro atoms. The number of hydrogen-bond donors (Lipinski definition) is 1. The quantitative estimate of drug-likeness (QED) is 0.591. The fourth-order valence-electron chi connectivity index (χ4n) is 1.62. The van der Waals surface area contributed by atoms with Crippen molar-refractivity contribution in [3.63, 3.8) is 0 Å². The van der Waals surface area contributed by atoms with Gasteiger partial charge in [-0.2, -0.15) is 8.78 Å². The zero-order valence-corrected chi connectivity index (χ0v) is 13.2. The van der Waals surface area contributed by atoms with Crippen LogP contribution in [0.5, 0.6) is 0 Å². The van der Waals surface area contributed by atoms with Crippen molar-refractivity contribution in [2.45, 2.75) is 25.9 Å². The standard InChI is InChI=1S/C13H12F3IO4/c1-6(2)10(13(15,16)12(19)20)21-11(18)9-7(14)4-3-5-8(9)17/h3-6,10H,1-2H3,(H,19,20). The molecule has 0 radical (unpaired) electrons. The molecule has 0 saturated carbocycles. The molecule has 0 aliphatic carbocycles. The average Bonchev–Trinajstić information content (AvgIpc) is 2.34. The van der Waals surface area contributed by atoms with Gasteiger partial charge in [-0.3, -0.25) is 0 Å². The van der Waals surface area contributed by atoms with Crippen molar-refractivity contribution in [2.24, 2.45) is 5.92 Å². The summed E-state index contributed by atoms with van der Waals surface area (Å²) in [6.45, 7) is 2.56. The van der Waals surface area contributed by atoms with Crippen LogP contribution in [-0.4, -0.2) is 29.1 Å². The number of aliphatic carboxylic acids is 1. The summed E-state index contributed by atoms with van der Waals surface area (Å²) in [5, 5.41) is 8.54. The summed E-state index contributed by atoms with van der Waals surface area (Å²) in [4.78, 5) is 22.5. The normalized spacial score (nSPS) is 13.1. The highest BCUT2D eigenvalue weighted by Crippen LogP contribution is 2.29. The number of carbonyl (C=O) groups excluding carboxylic acids is 1. The lowest BCUT2D eigenvalue weighted by Crippen LogP contribution is -2.47. The first-order valence-electron chi connectivity index (χ1n) is 5.85. The van der Waals surface area contributed by atoms with Crippen LogP contribution in [0.2, 0.25) is 0 Å². The molecule has 21 heavy (non-hydrogen) atoms. The van der Waals surface area contributed by atoms with Gasteiger partial charge in [0.1, 0.15) is 11.4 Å². The van der Waals surface area contributed by atoms with E-state index in [2.05, 4.69) is 4.74 Å². The molecule has 0 aliphatic rings. The molecule has 1 atom stereocenters. The second-order valence-corrected chi connectivity index (χ2v) is 5.76. The Morgan fingerprint density at radius 1 is 1.33 bits per heavy atom. The van der Waals surface area contributed by atoms with Gasteiger partial charge in [0.15, 0.2) is 6.10 Å². The summed E-state index contributed by atoms with van der Waals surface area (Å²) >= 11 is 1.66. The first-order chi connectivity index (χ1) is 9.59. The van der Waals surface area contributed by atoms with E-state index < -0.39 is 41.3 Å². The smallest absolute Gasteiger partial charge is 0.378 e. The van der Waals surface area contributed by atoms with Crippen LogP contribution in [0.3, 0.4) is 0 Å². The summed E-state index contributed by atoms with van der Waals surface area (Å²) in [7, 11) is 0. The Hall–Kier alpha value is -1.32. The summed E-state index contributed by atoms with van der Waals surface area (Å²) < 4.78 is 45.5. The van der Waals surface area contributed by atoms with E-state index in [-0.39, 0.29) is 3.57 Å². The molecule has 1 aromatic carbocycles. The predicted octanol–water partition coefficient (Wildman–Crippen LogP) is 3.33. The Bertz CT molecular complexity index is 540. The van der Waals surface area contributed by atoms with Gasteiger partial charge in [0.25, 0.3) is 0 Å². The molecular formula is C13H12F3IO4. The fourth-order valence-corrected chi connectivity index (χ4v) is 2.30. The van der Waals surface area contributed by atoms with Crippen LogP contribution in [0.4, 0.5) is 13.2 Å². The molecule has 0 aromatic heterocycles. The van der Waals surface area contributed by atoms with Crippen molar-refractivity contribution < 1.29 is 32.6 Å². The van der Waals surface area contributed by atoms with Crippen molar-refractivity contribution >= 4 is 34.5 Å². The van der Waals surface area contributed by atoms with E-state index in [0.29, 0.717) is 0 Å². The Balaban J connectivity index is 3.11. The third kappa shape index (κ3) is 3.86. The van der Waals surface area contributed by atoms with Crippen molar-refractivity contribution in [1.29, 1.82) is 0 Å². The minimum atomic E-state index is -4.26. The molecule has 0 saturated heterocycles. The van der Waals surface area contributed by atoms with Crippen LogP contribution in [0.15, 0.2) is 18.2 Å². The first kappa shape index (κ1) is 17.7. The van der Waals surface area contributed by atoms with Gasteiger partial charge < -0.3 is 9.84 Å². The van der Waals surface area contributed by atoms with Crippen molar-refractivity contribution in [3.05, 3.63) is 33.1 Å². The van der Waals surface area contributed by atoms with Crippen LogP contribution >= 0.6 is 22.6 Å². The van der Waals surface area contributed by atoms with Crippen LogP contribution in [0, 0.1) is 15.3 Å². The summed E-state index contributed by atoms with van der Waals surface area (Å²) in [5.41, 5.74) is -0.495. The maximum absolute atomic E-state index is 13.6. The fraction of sp³-hybridized carbons (Fsp3) is 0.385. The van der Waals surface area contributed by atoms with Gasteiger partial charge >= 0.3 is 17.9 Å². The second-order valence-electron chi connectivity index (χ2n) is 4.59. The van der Waals surface area contributed by atoms with Crippen LogP contribution in [0.1, 0.15) is 24.2 Å². The Kier molecular flexibility index (Phi) is 5.60. The van der Waals surface area contributed by atoms with Crippen LogP contribution in [-0.2, 0) is 9.53 Å². The maximum Gasteiger partial charge on any atom is 0.378 e. The second kappa shape index (κ2) is 6.63. The molecular weight excluding hydrogens is 404 g/mol. The molecule has 4 nitrogen and oxygen atoms in total. The number of alkyl halides is 2. The summed E-state index contributed by atoms with van der Waals surface area (Å²) in [6, 6.07) is 3.73. The van der Waals surface area contributed by atoms with E-state index in [1.165, 1.54) is 26.0 Å². The number of esters is 1. The molecule has 8 heteroatoms. The van der Waals surface area contributed by atoms with Gasteiger partial charge in [0.2, 0.25) is 0 Å². The highest BCUT2D eigenvalue weighted by molar-refractivity contribution is 14.1. The van der Waals surface area contributed by atoms with Crippen molar-refractivity contribution in [1.82, 2.24) is 0 Å². The highest BCUT2D eigenvalue weighted by atomic mass is 127. The molecule has 0 aliphatic heterocycles. The molecule has 0 bridgehead atoms. The Morgan fingerprint density at radius 3 is 2.33 bits per heavy atom. The minimum absolute atomic E-state index is 0.179. The van der Waals surface area contributed by atoms with Gasteiger partial charge in [-0.25, -0.2) is 14.0 Å². The number of ether oxygens (including phenoxy) is 1. The van der Waals surface area contributed by atoms with E-state index in [9.17, 15) is 22.8 Å². The first-order valence-corrected chi connectivity index (χ1v) is 6.93. The number of carboxylic acid groups (broad SMARTS) is 1. The van der Waals surface area contributed by atoms with Crippen LogP contribution in [0.25, 0.3) is 0 Å². The zero-order chi connectivity index (χ0) is 16.4. The Labute approximate surface area is 132 Å². The van der Waals surface area contributed by atoms with Gasteiger partial charge in [-0.1, -0.05) is 19.9 Å². The van der Waals surface area contributed by atoms with Crippen molar-refractivity contribution in [2.75, 3.05) is 0 Å². The number of rotatable bonds is 5. The molecule has 0 heterocycles. The number of hydrogen-bond acceptors (Lipinski definition) is 3. The molecule has 0 fully saturated rings. The van der Waals surface area contributed by atoms with E-state index in [1.807, 2.05) is 0 Å². The summed E-state index contributed by atoms with van der Waals surface area (Å²) in [6.07, 6.45) is -2.20. The number of halogens is 4. The van der Waals surface area contributed by atoms with E-state index in [0.717, 1.165) is 6.07 Å². The minimum Gasteiger partial charge on any atom is -0.477 e. The lowest BCUT2D eigenvalue weighted by Gasteiger charge is -2.26. The number of carboxylic acids is 1. The Morgan fingerprint density at radius 2 is 1.90 bits per heavy atom. The monoisotopic (exact) mass is 416 g/mol. The van der Waals surface area contributed by atoms with Crippen LogP contribution < -0.4 is 0 Å². The largest absolute Gasteiger partial charge is 0.477 e. The average molecular weight is 416 g/mol. The lowest BCUT2D eigenvalue weighted by atomic mass is 10.0. The van der Waals surface area contributed by atoms with E-state index in [1.54, 1.807) is 22.6 Å². The van der Waals surface area contributed by atoms with Gasteiger partial charge in [-0.05, 0) is 40.6 Å². The zero-order valence-electron chi connectivity index (χ0n) is 11.1. The number of benzene rings is 1. The van der Waals surface area contributed by atoms with Crippen molar-refractivity contribution in [3.8, 4) is 0 Å². The highest BCUT2D eigenvalue weighted by Gasteiger charge is 2.51. The molecule has 116 valence electrons. The third-order valence-electron chi connectivity index (χ3n) is 2.65. The molecule has 1 unspecified atom stereocenters. The topological polar surface area (TPSA) is 63.6 Å². The third-order valence-corrected chi connectivity index (χ3v) is 3.55. The number of carbonyl (C=O) groups is 2. The lowest BCUT2D eigenvalue weighted by molar-refractivity contribution is -0.187. The molecule has 0 amide bonds. The van der Waals surface area contributed by atoms with Gasteiger partial charge in [0.05, 0.1) is 0 Å². The van der Waals surface area contributed by atoms with Gasteiger partial charge in [0, 0.05) is 3.57 Å². The molecule has 1 rings (SSSR count).